The lowest BCUT2D eigenvalue weighted by Crippen LogP contribution is -2.46. The zero-order valence-electron chi connectivity index (χ0n) is 51.9. The van der Waals surface area contributed by atoms with Gasteiger partial charge >= 0.3 is 19.1 Å². The van der Waals surface area contributed by atoms with Crippen molar-refractivity contribution in [3.63, 3.8) is 0 Å². The van der Waals surface area contributed by atoms with E-state index in [0.29, 0.717) is 63.1 Å². The summed E-state index contributed by atoms with van der Waals surface area (Å²) in [5, 5.41) is 9.96. The first-order valence-corrected chi connectivity index (χ1v) is 32.7. The van der Waals surface area contributed by atoms with Gasteiger partial charge < -0.3 is 59.5 Å². The second-order valence-electron chi connectivity index (χ2n) is 21.6. The van der Waals surface area contributed by atoms with Crippen LogP contribution in [-0.4, -0.2) is 106 Å². The van der Waals surface area contributed by atoms with Crippen LogP contribution >= 0.6 is 106 Å². The maximum absolute atomic E-state index is 12.4. The molecule has 0 amide bonds. The van der Waals surface area contributed by atoms with Crippen LogP contribution in [0.5, 0.6) is 51.7 Å². The molecule has 5 aromatic heterocycles. The van der Waals surface area contributed by atoms with Gasteiger partial charge in [0.25, 0.3) is 0 Å². The molecule has 534 valence electrons. The average Bonchev–Trinajstić information content (AvgIpc) is 0.822. The highest BCUT2D eigenvalue weighted by atomic mass is 35.5. The molecule has 0 atom stereocenters. The molecule has 18 nitrogen and oxygen atoms in total. The molecule has 8 heterocycles. The second-order valence-corrected chi connectivity index (χ2v) is 24.5. The minimum atomic E-state index is -4.82. The quantitative estimate of drug-likeness (QED) is 0.0498. The zero-order valence-corrected chi connectivity index (χ0v) is 58.9. The lowest BCUT2D eigenvalue weighted by Gasteiger charge is -2.34. The molecule has 11 rings (SSSR count). The number of benzene rings is 3. The van der Waals surface area contributed by atoms with Crippen LogP contribution in [-0.2, 0) is 0 Å². The molecule has 0 bridgehead atoms. The van der Waals surface area contributed by atoms with Crippen molar-refractivity contribution in [2.45, 2.75) is 76.6 Å². The van der Waals surface area contributed by atoms with E-state index in [1.54, 1.807) is 67.6 Å². The predicted octanol–water partition coefficient (Wildman–Crippen LogP) is 20.0. The Morgan fingerprint density at radius 2 is 0.890 bits per heavy atom. The van der Waals surface area contributed by atoms with E-state index in [4.69, 9.17) is 102 Å². The van der Waals surface area contributed by atoms with Crippen LogP contribution in [0.1, 0.15) is 45.4 Å². The first-order chi connectivity index (χ1) is 47.1. The van der Waals surface area contributed by atoms with E-state index in [-0.39, 0.29) is 67.6 Å². The molecule has 0 unspecified atom stereocenters. The number of hydrogen-bond donors (Lipinski definition) is 3. The highest BCUT2D eigenvalue weighted by Crippen LogP contribution is 2.44. The fourth-order valence-electron chi connectivity index (χ4n) is 9.61. The van der Waals surface area contributed by atoms with Crippen molar-refractivity contribution < 1.29 is 67.9 Å². The van der Waals surface area contributed by atoms with Gasteiger partial charge in [-0.15, -0.1) is 51.9 Å². The first kappa shape index (κ1) is 79.8. The molecular formula is C64H58Cl7F9N12O6S2. The Morgan fingerprint density at radius 3 is 1.23 bits per heavy atom. The molecule has 3 aromatic carbocycles. The van der Waals surface area contributed by atoms with Crippen LogP contribution in [0, 0.1) is 5.92 Å². The number of hydrogen-bond acceptors (Lipinski definition) is 18. The third-order valence-electron chi connectivity index (χ3n) is 14.4. The number of isothiocyanates is 1. The summed E-state index contributed by atoms with van der Waals surface area (Å²) in [4.78, 5) is 30.8. The number of thiocarbonyl (C=S) groups is 2. The van der Waals surface area contributed by atoms with Gasteiger partial charge in [0.05, 0.1) is 44.0 Å². The van der Waals surface area contributed by atoms with E-state index in [9.17, 15) is 39.5 Å². The topological polar surface area (TPSA) is 192 Å². The van der Waals surface area contributed by atoms with Gasteiger partial charge in [-0.2, -0.15) is 4.99 Å². The number of pyridine rings is 5. The average molecular weight is 1570 g/mol. The fraction of sp³-hybridized carbons (Fsp3) is 0.297. The molecule has 3 saturated heterocycles. The maximum atomic E-state index is 12.4. The number of piperidine rings is 3. The Morgan fingerprint density at radius 1 is 0.520 bits per heavy atom. The summed E-state index contributed by atoms with van der Waals surface area (Å²) in [6.45, 7) is 6.70. The van der Waals surface area contributed by atoms with Crippen molar-refractivity contribution in [2.75, 3.05) is 59.3 Å². The number of rotatable bonds is 15. The number of halogens is 16. The van der Waals surface area contributed by atoms with Crippen LogP contribution in [0.2, 0.25) is 30.1 Å². The van der Waals surface area contributed by atoms with Crippen molar-refractivity contribution in [3.05, 3.63) is 171 Å². The van der Waals surface area contributed by atoms with Crippen LogP contribution < -0.4 is 59.5 Å². The van der Waals surface area contributed by atoms with Gasteiger partial charge in [-0.05, 0) is 130 Å². The van der Waals surface area contributed by atoms with Crippen molar-refractivity contribution in [1.29, 1.82) is 0 Å². The number of anilines is 4. The number of ether oxygens (including phenoxy) is 6. The molecule has 36 heteroatoms. The van der Waals surface area contributed by atoms with Gasteiger partial charge in [0, 0.05) is 119 Å². The first-order valence-electron chi connectivity index (χ1n) is 29.7. The van der Waals surface area contributed by atoms with E-state index in [1.165, 1.54) is 18.2 Å². The summed E-state index contributed by atoms with van der Waals surface area (Å²) in [5.74, 6) is 2.40. The summed E-state index contributed by atoms with van der Waals surface area (Å²) in [5.41, 5.74) is 7.46. The lowest BCUT2D eigenvalue weighted by molar-refractivity contribution is -0.275. The van der Waals surface area contributed by atoms with Crippen LogP contribution in [0.15, 0.2) is 145 Å². The Balaban J connectivity index is 0.000000199. The molecular weight excluding hydrogens is 1520 g/mol. The van der Waals surface area contributed by atoms with Gasteiger partial charge in [0.15, 0.2) is 39.8 Å². The van der Waals surface area contributed by atoms with E-state index >= 15 is 0 Å². The summed E-state index contributed by atoms with van der Waals surface area (Å²) in [6, 6.07) is 22.6. The molecule has 4 N–H and O–H groups in total. The largest absolute Gasteiger partial charge is 0.573 e. The SMILES string of the molecule is CC1CCN(c2nccc(Oc3ccc(OC(F)(F)F)cc3Cl)c2Cl)CC1.Cl.FC(F)(F)Oc1ccc(Oc2ccnc(N3CCC(NC(=S)Nc4cccnc4)CC3)c2Cl)c(Cl)c1.NC1CCN(c2nccc(Oc3ccc(OC(F)(F)F)cc3Cl)c2Cl)CC1.S=C=Nc1cccnc1. The number of nitrogens with one attached hydrogen (secondary N) is 2. The number of aromatic nitrogens is 5. The molecule has 0 saturated carbocycles. The van der Waals surface area contributed by atoms with E-state index in [2.05, 4.69) is 84.0 Å². The molecule has 0 aliphatic carbocycles. The molecule has 3 aliphatic heterocycles. The summed E-state index contributed by atoms with van der Waals surface area (Å²) in [6.07, 6.45) is 2.29. The van der Waals surface area contributed by atoms with Crippen molar-refractivity contribution >= 4 is 146 Å². The fourth-order valence-corrected chi connectivity index (χ4v) is 11.4. The van der Waals surface area contributed by atoms with Crippen LogP contribution in [0.25, 0.3) is 0 Å². The molecule has 0 spiro atoms. The Bertz CT molecular complexity index is 3900. The second kappa shape index (κ2) is 37.4. The highest BCUT2D eigenvalue weighted by molar-refractivity contribution is 7.80. The summed E-state index contributed by atoms with van der Waals surface area (Å²) in [7, 11) is 0. The number of nitrogens with two attached hydrogens (primary N) is 1. The zero-order chi connectivity index (χ0) is 71.4. The third-order valence-corrected chi connectivity index (χ3v) is 16.6. The Labute approximate surface area is 614 Å². The van der Waals surface area contributed by atoms with Gasteiger partial charge in [-0.3, -0.25) is 9.97 Å². The number of alkyl halides is 9. The monoisotopic (exact) mass is 1570 g/mol. The van der Waals surface area contributed by atoms with E-state index < -0.39 is 36.3 Å². The third kappa shape index (κ3) is 25.2. The Hall–Kier alpha value is -7.54. The summed E-state index contributed by atoms with van der Waals surface area (Å²) < 4.78 is 140. The van der Waals surface area contributed by atoms with E-state index in [1.807, 2.05) is 28.0 Å². The molecule has 3 fully saturated rings. The van der Waals surface area contributed by atoms with Crippen molar-refractivity contribution in [3.8, 4) is 51.7 Å². The Kier molecular flexibility index (Phi) is 29.8. The number of nitrogens with zero attached hydrogens (tertiary/aromatic N) is 9. The smallest absolute Gasteiger partial charge is 0.454 e. The molecule has 3 aliphatic rings. The highest BCUT2D eigenvalue weighted by Gasteiger charge is 2.34. The van der Waals surface area contributed by atoms with Gasteiger partial charge in [0.1, 0.15) is 49.6 Å². The van der Waals surface area contributed by atoms with Crippen LogP contribution in [0.4, 0.5) is 68.3 Å². The normalized spacial score (nSPS) is 14.3. The number of aliphatic imine (C=N–C) groups is 1. The summed E-state index contributed by atoms with van der Waals surface area (Å²) >= 11 is 47.4. The van der Waals surface area contributed by atoms with Crippen molar-refractivity contribution in [1.82, 2.24) is 30.2 Å². The van der Waals surface area contributed by atoms with Gasteiger partial charge in [0.2, 0.25) is 0 Å². The minimum Gasteiger partial charge on any atom is -0.454 e. The van der Waals surface area contributed by atoms with E-state index in [0.717, 1.165) is 112 Å². The van der Waals surface area contributed by atoms with Gasteiger partial charge in [-0.25, -0.2) is 15.0 Å². The standard InChI is InChI=1S/C23H20Cl2F3N5O2S.C18H17Cl2F3N2O2.C17H16Cl2F3N3O2.C6H4N2S.ClH/c24-17-12-16(35-23(26,27)28)3-4-18(17)34-19-5-9-30-21(20(19)25)33-10-6-14(7-11-33)31-22(36)32-15-2-1-8-29-13-15;1-11-5-8-25(9-6-11)17-16(20)15(4-7-24-17)26-14-3-2-12(10-13(14)19)27-18(21,22)23;18-12-9-11(27-17(20,21)22)1-2-13(12)26-14-3-6-24-16(15(14)19)25-7-4-10(23)5-8-25;9-5-8-6-2-1-3-7-4-6;/h1-5,8-9,12-14H,6-7,10-11H2,(H2,31,32,36);2-4,7,10-11H,5-6,8-9H2,1H3;1-3,6,9-10H,4-5,7-8,23H2;1-4H;1H. The minimum absolute atomic E-state index is 0. The molecule has 0 radical (unpaired) electrons. The van der Waals surface area contributed by atoms with Gasteiger partial charge in [-0.1, -0.05) is 76.5 Å². The lowest BCUT2D eigenvalue weighted by atomic mass is 9.99. The predicted molar refractivity (Wildman–Crippen MR) is 377 cm³/mol. The molecule has 8 aromatic rings. The maximum Gasteiger partial charge on any atom is 0.573 e. The molecule has 100 heavy (non-hydrogen) atoms. The van der Waals surface area contributed by atoms with Crippen molar-refractivity contribution in [2.24, 2.45) is 16.6 Å². The van der Waals surface area contributed by atoms with Crippen LogP contribution in [0.3, 0.4) is 0 Å².